The molecule has 2 nitrogen and oxygen atoms in total. The summed E-state index contributed by atoms with van der Waals surface area (Å²) >= 11 is 0. The molecule has 1 aromatic carbocycles. The smallest absolute Gasteiger partial charge is 0.317 e. The molecule has 0 radical (unpaired) electrons. The minimum Gasteiger partial charge on any atom is -0.348 e. The summed E-state index contributed by atoms with van der Waals surface area (Å²) in [6, 6.07) is 8.91. The van der Waals surface area contributed by atoms with E-state index in [1.165, 1.54) is 165 Å². The molecule has 0 saturated carbocycles. The van der Waals surface area contributed by atoms with Crippen LogP contribution in [0.1, 0.15) is 212 Å². The molecule has 1 rings (SSSR count). The summed E-state index contributed by atoms with van der Waals surface area (Å²) in [6.45, 7) is 6.81. The molecule has 258 valence electrons. The largest absolute Gasteiger partial charge is 0.348 e. The van der Waals surface area contributed by atoms with Gasteiger partial charge >= 0.3 is 5.87 Å². The van der Waals surface area contributed by atoms with Crippen LogP contribution < -0.4 is 0 Å². The van der Waals surface area contributed by atoms with E-state index in [1.54, 1.807) is 0 Å². The van der Waals surface area contributed by atoms with Crippen molar-refractivity contribution in [3.63, 3.8) is 0 Å². The van der Waals surface area contributed by atoms with Crippen molar-refractivity contribution < 1.29 is 4.79 Å². The molecule has 0 fully saturated rings. The molecular formula is C44H72N2. The lowest BCUT2D eigenvalue weighted by atomic mass is 9.96. The number of hydrogen-bond donors (Lipinski definition) is 0. The van der Waals surface area contributed by atoms with Gasteiger partial charge in [0.1, 0.15) is 0 Å². The van der Waals surface area contributed by atoms with Gasteiger partial charge in [-0.2, -0.15) is 0 Å². The summed E-state index contributed by atoms with van der Waals surface area (Å²) in [7, 11) is 0. The van der Waals surface area contributed by atoms with E-state index in [0.717, 1.165) is 43.3 Å². The molecule has 1 aromatic rings. The molecular weight excluding hydrogens is 556 g/mol. The van der Waals surface area contributed by atoms with Crippen LogP contribution in [0.4, 0.5) is 0 Å². The number of aryl methyl sites for hydroxylation is 1. The predicted molar refractivity (Wildman–Crippen MR) is 204 cm³/mol. The average Bonchev–Trinajstić information content (AvgIpc) is 3.07. The molecule has 0 aliphatic heterocycles. The van der Waals surface area contributed by atoms with E-state index < -0.39 is 0 Å². The number of rotatable bonds is 30. The van der Waals surface area contributed by atoms with Crippen molar-refractivity contribution in [2.75, 3.05) is 0 Å². The monoisotopic (exact) mass is 629 g/mol. The molecule has 0 atom stereocenters. The van der Waals surface area contributed by atoms with Crippen LogP contribution in [0.2, 0.25) is 0 Å². The second-order valence-electron chi connectivity index (χ2n) is 13.7. The van der Waals surface area contributed by atoms with E-state index in [-0.39, 0.29) is 0 Å². The first kappa shape index (κ1) is 41.7. The van der Waals surface area contributed by atoms with Crippen LogP contribution in [0.3, 0.4) is 0 Å². The second-order valence-corrected chi connectivity index (χ2v) is 13.7. The molecule has 0 bridgehead atoms. The van der Waals surface area contributed by atoms with Crippen molar-refractivity contribution in [2.45, 2.75) is 207 Å². The van der Waals surface area contributed by atoms with E-state index in [1.807, 2.05) is 0 Å². The Kier molecular flexibility index (Phi) is 29.6. The Bertz CT molecular complexity index is 1030. The maximum absolute atomic E-state index is 9.41. The van der Waals surface area contributed by atoms with Crippen LogP contribution >= 0.6 is 0 Å². The quantitative estimate of drug-likeness (QED) is 0.0203. The van der Waals surface area contributed by atoms with Gasteiger partial charge < -0.3 is 5.53 Å². The van der Waals surface area contributed by atoms with Crippen molar-refractivity contribution in [2.24, 2.45) is 0 Å². The lowest BCUT2D eigenvalue weighted by molar-refractivity contribution is 0.00770. The first-order valence-electron chi connectivity index (χ1n) is 20.0. The fourth-order valence-electron chi connectivity index (χ4n) is 6.30. The maximum Gasteiger partial charge on any atom is 0.317 e. The number of benzene rings is 1. The number of hydrogen-bond acceptors (Lipinski definition) is 0. The third-order valence-electron chi connectivity index (χ3n) is 9.26. The first-order chi connectivity index (χ1) is 22.7. The zero-order chi connectivity index (χ0) is 33.2. The SMILES string of the molecule is CCCCCCCCCCCCCCCCCCCCC#CC(=C=[N+]=[N-])C(=Cc1cccc(CCCCCC)c1)CCCCCC. The van der Waals surface area contributed by atoms with Crippen molar-refractivity contribution in [1.29, 1.82) is 0 Å². The van der Waals surface area contributed by atoms with Gasteiger partial charge in [0, 0.05) is 6.42 Å². The molecule has 0 N–H and O–H groups in total. The fraction of sp³-hybridized carbons (Fsp3) is 0.727. The molecule has 0 saturated heterocycles. The summed E-state index contributed by atoms with van der Waals surface area (Å²) in [5.41, 5.74) is 13.9. The van der Waals surface area contributed by atoms with Crippen molar-refractivity contribution in [3.05, 3.63) is 52.1 Å². The highest BCUT2D eigenvalue weighted by atomic mass is 14.8. The Labute approximate surface area is 287 Å². The highest BCUT2D eigenvalue weighted by molar-refractivity contribution is 5.74. The lowest BCUT2D eigenvalue weighted by Gasteiger charge is -2.07. The van der Waals surface area contributed by atoms with Crippen LogP contribution in [0.15, 0.2) is 35.4 Å². The zero-order valence-electron chi connectivity index (χ0n) is 30.8. The summed E-state index contributed by atoms with van der Waals surface area (Å²) in [5, 5.41) is 0. The van der Waals surface area contributed by atoms with Gasteiger partial charge in [0.15, 0.2) is 5.57 Å². The van der Waals surface area contributed by atoms with Gasteiger partial charge in [-0.25, -0.2) is 0 Å². The predicted octanol–water partition coefficient (Wildman–Crippen LogP) is 14.4. The lowest BCUT2D eigenvalue weighted by Crippen LogP contribution is -1.93. The van der Waals surface area contributed by atoms with E-state index in [4.69, 9.17) is 0 Å². The molecule has 0 aromatic heterocycles. The van der Waals surface area contributed by atoms with Gasteiger partial charge in [0.05, 0.1) is 0 Å². The van der Waals surface area contributed by atoms with Crippen LogP contribution in [-0.4, -0.2) is 10.7 Å². The van der Waals surface area contributed by atoms with Crippen LogP contribution in [0.5, 0.6) is 0 Å². The topological polar surface area (TPSA) is 36.4 Å². The third-order valence-corrected chi connectivity index (χ3v) is 9.26. The molecule has 0 aliphatic carbocycles. The number of unbranched alkanes of at least 4 members (excludes halogenated alkanes) is 24. The van der Waals surface area contributed by atoms with E-state index in [0.29, 0.717) is 0 Å². The highest BCUT2D eigenvalue weighted by Crippen LogP contribution is 2.22. The molecule has 0 spiro atoms. The van der Waals surface area contributed by atoms with Gasteiger partial charge in [-0.1, -0.05) is 205 Å². The minimum atomic E-state index is 0.745. The molecule has 46 heavy (non-hydrogen) atoms. The third kappa shape index (κ3) is 24.9. The molecule has 2 heteroatoms. The maximum atomic E-state index is 9.41. The van der Waals surface area contributed by atoms with Gasteiger partial charge in [-0.3, -0.25) is 0 Å². The Morgan fingerprint density at radius 3 is 1.61 bits per heavy atom. The average molecular weight is 629 g/mol. The minimum absolute atomic E-state index is 0.745. The fourth-order valence-corrected chi connectivity index (χ4v) is 6.30. The Hall–Kier alpha value is -2.32. The summed E-state index contributed by atoms with van der Waals surface area (Å²) in [4.78, 5) is 3.29. The van der Waals surface area contributed by atoms with Crippen molar-refractivity contribution >= 4 is 11.9 Å². The standard InChI is InChI=1S/C44H72N2/c1-4-7-10-13-14-15-16-17-18-19-20-21-22-23-24-25-26-27-28-31-37-44(40-46-45)43(36-30-12-9-6-3)39-42-35-32-34-41(38-42)33-29-11-8-5-2/h32,34-35,38-39H,4-30,33,36H2,1-3H3. The molecule has 0 heterocycles. The van der Waals surface area contributed by atoms with Crippen LogP contribution in [0.25, 0.3) is 11.6 Å². The van der Waals surface area contributed by atoms with E-state index >= 15 is 0 Å². The Morgan fingerprint density at radius 2 is 1.09 bits per heavy atom. The van der Waals surface area contributed by atoms with Crippen LogP contribution in [0, 0.1) is 11.8 Å². The summed E-state index contributed by atoms with van der Waals surface area (Å²) in [5.74, 6) is 9.54. The second kappa shape index (κ2) is 32.6. The van der Waals surface area contributed by atoms with Crippen LogP contribution in [-0.2, 0) is 6.42 Å². The number of allylic oxidation sites excluding steroid dienone is 2. The normalized spacial score (nSPS) is 11.2. The molecule has 0 amide bonds. The van der Waals surface area contributed by atoms with E-state index in [9.17, 15) is 5.53 Å². The molecule has 0 unspecified atom stereocenters. The van der Waals surface area contributed by atoms with Gasteiger partial charge in [-0.15, -0.1) is 4.79 Å². The van der Waals surface area contributed by atoms with Crippen molar-refractivity contribution in [1.82, 2.24) is 0 Å². The van der Waals surface area contributed by atoms with Gasteiger partial charge in [0.2, 0.25) is 0 Å². The van der Waals surface area contributed by atoms with E-state index in [2.05, 4.69) is 73.6 Å². The Morgan fingerprint density at radius 1 is 0.609 bits per heavy atom. The zero-order valence-corrected chi connectivity index (χ0v) is 30.8. The highest BCUT2D eigenvalue weighted by Gasteiger charge is 2.08. The molecule has 0 aliphatic rings. The number of nitrogens with zero attached hydrogens (tertiary/aromatic N) is 2. The summed E-state index contributed by atoms with van der Waals surface area (Å²) in [6.07, 6.45) is 40.2. The van der Waals surface area contributed by atoms with Gasteiger partial charge in [0.25, 0.3) is 0 Å². The Balaban J connectivity index is 2.39. The first-order valence-corrected chi connectivity index (χ1v) is 20.0. The van der Waals surface area contributed by atoms with Crippen molar-refractivity contribution in [3.8, 4) is 11.8 Å². The van der Waals surface area contributed by atoms with Gasteiger partial charge in [-0.05, 0) is 54.9 Å². The summed E-state index contributed by atoms with van der Waals surface area (Å²) < 4.78 is 0.